The fraction of sp³-hybridized carbons (Fsp3) is 0.611. The molecule has 22 heavy (non-hydrogen) atoms. The van der Waals surface area contributed by atoms with Crippen molar-refractivity contribution in [2.24, 2.45) is 5.41 Å². The second-order valence-corrected chi connectivity index (χ2v) is 8.04. The number of benzene rings is 1. The Kier molecular flexibility index (Phi) is 4.41. The molecule has 1 heterocycles. The SMILES string of the molecule is CC(C)(C)CCC(=O)NC1CC(C)(C)Oc2ccc(N)cc21. The van der Waals surface area contributed by atoms with Crippen molar-refractivity contribution in [3.63, 3.8) is 0 Å². The molecule has 3 N–H and O–H groups in total. The van der Waals surface area contributed by atoms with Crippen molar-refractivity contribution in [3.05, 3.63) is 23.8 Å². The molecule has 0 aliphatic carbocycles. The van der Waals surface area contributed by atoms with Gasteiger partial charge in [-0.1, -0.05) is 20.8 Å². The van der Waals surface area contributed by atoms with Crippen LogP contribution in [0.1, 0.15) is 65.5 Å². The van der Waals surface area contributed by atoms with Gasteiger partial charge in [0.25, 0.3) is 0 Å². The van der Waals surface area contributed by atoms with E-state index in [4.69, 9.17) is 10.5 Å². The lowest BCUT2D eigenvalue weighted by molar-refractivity contribution is -0.122. The largest absolute Gasteiger partial charge is 0.487 e. The molecule has 0 fully saturated rings. The molecule has 1 amide bonds. The Bertz CT molecular complexity index is 559. The number of hydrogen-bond acceptors (Lipinski definition) is 3. The zero-order valence-electron chi connectivity index (χ0n) is 14.3. The van der Waals surface area contributed by atoms with Gasteiger partial charge >= 0.3 is 0 Å². The number of carbonyl (C=O) groups excluding carboxylic acids is 1. The molecular formula is C18H28N2O2. The summed E-state index contributed by atoms with van der Waals surface area (Å²) in [5, 5.41) is 3.16. The predicted octanol–water partition coefficient (Wildman–Crippen LogP) is 3.81. The normalized spacial score (nSPS) is 20.0. The molecule has 0 radical (unpaired) electrons. The third-order valence-electron chi connectivity index (χ3n) is 3.93. The number of nitrogens with one attached hydrogen (secondary N) is 1. The van der Waals surface area contributed by atoms with Gasteiger partial charge in [0.2, 0.25) is 5.91 Å². The smallest absolute Gasteiger partial charge is 0.220 e. The van der Waals surface area contributed by atoms with E-state index in [2.05, 4.69) is 26.1 Å². The van der Waals surface area contributed by atoms with Crippen LogP contribution in [0.25, 0.3) is 0 Å². The summed E-state index contributed by atoms with van der Waals surface area (Å²) in [4.78, 5) is 12.3. The average molecular weight is 304 g/mol. The zero-order valence-corrected chi connectivity index (χ0v) is 14.3. The quantitative estimate of drug-likeness (QED) is 0.835. The first kappa shape index (κ1) is 16.7. The second kappa shape index (κ2) is 5.82. The number of hydrogen-bond donors (Lipinski definition) is 2. The Morgan fingerprint density at radius 3 is 2.73 bits per heavy atom. The van der Waals surface area contributed by atoms with E-state index in [-0.39, 0.29) is 23.0 Å². The lowest BCUT2D eigenvalue weighted by Crippen LogP contribution is -2.41. The Hall–Kier alpha value is -1.71. The summed E-state index contributed by atoms with van der Waals surface area (Å²) in [5.41, 5.74) is 7.42. The molecule has 0 spiro atoms. The topological polar surface area (TPSA) is 64.3 Å². The van der Waals surface area contributed by atoms with E-state index in [1.165, 1.54) is 0 Å². The summed E-state index contributed by atoms with van der Waals surface area (Å²) in [6.07, 6.45) is 2.15. The van der Waals surface area contributed by atoms with Gasteiger partial charge in [0.1, 0.15) is 11.4 Å². The fourth-order valence-electron chi connectivity index (χ4n) is 2.76. The molecule has 122 valence electrons. The van der Waals surface area contributed by atoms with Gasteiger partial charge < -0.3 is 15.8 Å². The Morgan fingerprint density at radius 2 is 2.09 bits per heavy atom. The van der Waals surface area contributed by atoms with Crippen molar-refractivity contribution >= 4 is 11.6 Å². The molecule has 1 aromatic rings. The molecule has 4 nitrogen and oxygen atoms in total. The molecule has 1 aromatic carbocycles. The van der Waals surface area contributed by atoms with E-state index in [9.17, 15) is 4.79 Å². The molecule has 2 rings (SSSR count). The highest BCUT2D eigenvalue weighted by molar-refractivity contribution is 5.76. The summed E-state index contributed by atoms with van der Waals surface area (Å²) in [7, 11) is 0. The van der Waals surface area contributed by atoms with Crippen LogP contribution < -0.4 is 15.8 Å². The van der Waals surface area contributed by atoms with Crippen molar-refractivity contribution < 1.29 is 9.53 Å². The number of nitrogens with two attached hydrogens (primary N) is 1. The average Bonchev–Trinajstić information content (AvgIpc) is 2.35. The molecule has 0 aromatic heterocycles. The number of amides is 1. The summed E-state index contributed by atoms with van der Waals surface area (Å²) in [5.74, 6) is 0.901. The van der Waals surface area contributed by atoms with Crippen molar-refractivity contribution in [2.75, 3.05) is 5.73 Å². The molecule has 1 aliphatic rings. The second-order valence-electron chi connectivity index (χ2n) is 8.04. The van der Waals surface area contributed by atoms with Crippen LogP contribution in [0, 0.1) is 5.41 Å². The van der Waals surface area contributed by atoms with E-state index < -0.39 is 0 Å². The van der Waals surface area contributed by atoms with Gasteiger partial charge in [-0.3, -0.25) is 4.79 Å². The van der Waals surface area contributed by atoms with Gasteiger partial charge in [-0.25, -0.2) is 0 Å². The first-order chi connectivity index (χ1) is 10.1. The van der Waals surface area contributed by atoms with Gasteiger partial charge in [0, 0.05) is 24.1 Å². The number of nitrogen functional groups attached to an aromatic ring is 1. The maximum absolute atomic E-state index is 12.3. The molecule has 4 heteroatoms. The Morgan fingerprint density at radius 1 is 1.41 bits per heavy atom. The van der Waals surface area contributed by atoms with Gasteiger partial charge in [-0.2, -0.15) is 0 Å². The monoisotopic (exact) mass is 304 g/mol. The minimum absolute atomic E-state index is 0.0466. The summed E-state index contributed by atoms with van der Waals surface area (Å²) in [6, 6.07) is 5.58. The van der Waals surface area contributed by atoms with Crippen LogP contribution in [0.3, 0.4) is 0 Å². The predicted molar refractivity (Wildman–Crippen MR) is 89.8 cm³/mol. The fourth-order valence-corrected chi connectivity index (χ4v) is 2.76. The Labute approximate surface area is 133 Å². The number of fused-ring (bicyclic) bond motifs is 1. The number of ether oxygens (including phenoxy) is 1. The van der Waals surface area contributed by atoms with Gasteiger partial charge in [0.05, 0.1) is 6.04 Å². The van der Waals surface area contributed by atoms with E-state index >= 15 is 0 Å². The van der Waals surface area contributed by atoms with Gasteiger partial charge in [-0.05, 0) is 43.9 Å². The van der Waals surface area contributed by atoms with E-state index in [0.717, 1.165) is 24.2 Å². The number of rotatable bonds is 3. The van der Waals surface area contributed by atoms with Gasteiger partial charge in [0.15, 0.2) is 0 Å². The number of anilines is 1. The highest BCUT2D eigenvalue weighted by Crippen LogP contribution is 2.40. The molecule has 0 bridgehead atoms. The van der Waals surface area contributed by atoms with Crippen molar-refractivity contribution in [1.29, 1.82) is 0 Å². The standard InChI is InChI=1S/C18H28N2O2/c1-17(2,3)9-8-16(21)20-14-11-18(4,5)22-15-7-6-12(19)10-13(14)15/h6-7,10,14H,8-9,11,19H2,1-5H3,(H,20,21). The molecule has 1 atom stereocenters. The first-order valence-corrected chi connectivity index (χ1v) is 7.94. The van der Waals surface area contributed by atoms with Crippen LogP contribution >= 0.6 is 0 Å². The number of carbonyl (C=O) groups is 1. The third-order valence-corrected chi connectivity index (χ3v) is 3.93. The van der Waals surface area contributed by atoms with Gasteiger partial charge in [-0.15, -0.1) is 0 Å². The maximum Gasteiger partial charge on any atom is 0.220 e. The summed E-state index contributed by atoms with van der Waals surface area (Å²) >= 11 is 0. The first-order valence-electron chi connectivity index (χ1n) is 7.94. The minimum Gasteiger partial charge on any atom is -0.487 e. The molecule has 1 aliphatic heterocycles. The van der Waals surface area contributed by atoms with E-state index in [1.807, 2.05) is 32.0 Å². The van der Waals surface area contributed by atoms with Crippen LogP contribution in [0.15, 0.2) is 18.2 Å². The lowest BCUT2D eigenvalue weighted by atomic mass is 9.88. The van der Waals surface area contributed by atoms with Crippen LogP contribution in [0.2, 0.25) is 0 Å². The summed E-state index contributed by atoms with van der Waals surface area (Å²) in [6.45, 7) is 10.5. The van der Waals surface area contributed by atoms with Crippen molar-refractivity contribution in [1.82, 2.24) is 5.32 Å². The zero-order chi connectivity index (χ0) is 16.5. The highest BCUT2D eigenvalue weighted by atomic mass is 16.5. The van der Waals surface area contributed by atoms with E-state index in [0.29, 0.717) is 12.1 Å². The van der Waals surface area contributed by atoms with Crippen LogP contribution in [-0.4, -0.2) is 11.5 Å². The summed E-state index contributed by atoms with van der Waals surface area (Å²) < 4.78 is 5.99. The van der Waals surface area contributed by atoms with Crippen molar-refractivity contribution in [2.45, 2.75) is 65.5 Å². The third kappa shape index (κ3) is 4.39. The molecule has 1 unspecified atom stereocenters. The molecular weight excluding hydrogens is 276 g/mol. The van der Waals surface area contributed by atoms with Crippen molar-refractivity contribution in [3.8, 4) is 5.75 Å². The molecule has 0 saturated carbocycles. The van der Waals surface area contributed by atoms with Crippen LogP contribution in [0.5, 0.6) is 5.75 Å². The Balaban J connectivity index is 2.13. The van der Waals surface area contributed by atoms with Crippen LogP contribution in [0.4, 0.5) is 5.69 Å². The highest BCUT2D eigenvalue weighted by Gasteiger charge is 2.34. The lowest BCUT2D eigenvalue weighted by Gasteiger charge is -2.38. The van der Waals surface area contributed by atoms with Crippen LogP contribution in [-0.2, 0) is 4.79 Å². The van der Waals surface area contributed by atoms with E-state index in [1.54, 1.807) is 0 Å². The molecule has 0 saturated heterocycles. The maximum atomic E-state index is 12.3. The minimum atomic E-state index is -0.301.